The summed E-state index contributed by atoms with van der Waals surface area (Å²) >= 11 is 1.07. The molecule has 0 saturated heterocycles. The summed E-state index contributed by atoms with van der Waals surface area (Å²) in [6, 6.07) is 9.70. The first kappa shape index (κ1) is 21.5. The van der Waals surface area contributed by atoms with Gasteiger partial charge in [-0.1, -0.05) is 12.1 Å². The van der Waals surface area contributed by atoms with Crippen LogP contribution in [0.15, 0.2) is 52.7 Å². The molecule has 2 heterocycles. The van der Waals surface area contributed by atoms with Crippen LogP contribution < -0.4 is 10.1 Å². The summed E-state index contributed by atoms with van der Waals surface area (Å²) in [4.78, 5) is 29.3. The minimum absolute atomic E-state index is 0.0426. The van der Waals surface area contributed by atoms with Crippen LogP contribution in [0.3, 0.4) is 0 Å². The number of nitrogens with one attached hydrogen (secondary N) is 1. The summed E-state index contributed by atoms with van der Waals surface area (Å²) in [6.07, 6.45) is 1.26. The van der Waals surface area contributed by atoms with E-state index in [9.17, 15) is 26.8 Å². The Kier molecular flexibility index (Phi) is 5.13. The molecule has 2 aromatic carbocycles. The van der Waals surface area contributed by atoms with Crippen molar-refractivity contribution >= 4 is 38.3 Å². The highest BCUT2D eigenvalue weighted by Crippen LogP contribution is 2.40. The van der Waals surface area contributed by atoms with Crippen LogP contribution in [0.5, 0.6) is 5.75 Å². The van der Waals surface area contributed by atoms with Crippen LogP contribution in [0.2, 0.25) is 0 Å². The molecule has 170 valence electrons. The van der Waals surface area contributed by atoms with Gasteiger partial charge in [-0.25, -0.2) is 17.7 Å². The quantitative estimate of drug-likeness (QED) is 0.559. The second kappa shape index (κ2) is 7.89. The number of anilines is 1. The van der Waals surface area contributed by atoms with Crippen molar-refractivity contribution in [3.05, 3.63) is 59.0 Å². The Bertz CT molecular complexity index is 1390. The van der Waals surface area contributed by atoms with Gasteiger partial charge >= 0.3 is 6.61 Å². The smallest absolute Gasteiger partial charge is 0.387 e. The lowest BCUT2D eigenvalue weighted by Gasteiger charge is -2.13. The molecule has 8 nitrogen and oxygen atoms in total. The van der Waals surface area contributed by atoms with Crippen LogP contribution in [0.1, 0.15) is 33.6 Å². The summed E-state index contributed by atoms with van der Waals surface area (Å²) < 4.78 is 56.3. The molecule has 1 saturated carbocycles. The normalized spacial score (nSPS) is 16.7. The fraction of sp³-hybridized carbons (Fsp3) is 0.190. The largest absolute Gasteiger partial charge is 0.434 e. The van der Waals surface area contributed by atoms with Crippen LogP contribution in [0.25, 0.3) is 11.3 Å². The molecule has 2 amide bonds. The molecular formula is C21H15F2N3O5S2. The Morgan fingerprint density at radius 1 is 1.18 bits per heavy atom. The summed E-state index contributed by atoms with van der Waals surface area (Å²) in [5.74, 6) is -1.25. The Labute approximate surface area is 190 Å². The van der Waals surface area contributed by atoms with Gasteiger partial charge in [0.15, 0.2) is 5.13 Å². The number of benzene rings is 2. The number of para-hydroxylation sites is 1. The van der Waals surface area contributed by atoms with Crippen LogP contribution >= 0.6 is 11.3 Å². The van der Waals surface area contributed by atoms with E-state index >= 15 is 0 Å². The Balaban J connectivity index is 1.38. The van der Waals surface area contributed by atoms with E-state index in [0.29, 0.717) is 24.1 Å². The van der Waals surface area contributed by atoms with E-state index in [1.54, 1.807) is 23.6 Å². The highest BCUT2D eigenvalue weighted by molar-refractivity contribution is 7.90. The molecule has 0 unspecified atom stereocenters. The number of carbonyl (C=O) groups is 2. The second-order valence-corrected chi connectivity index (χ2v) is 10.1. The molecule has 1 N–H and O–H groups in total. The van der Waals surface area contributed by atoms with E-state index in [0.717, 1.165) is 15.6 Å². The molecule has 12 heteroatoms. The molecule has 5 rings (SSSR count). The third-order valence-corrected chi connectivity index (χ3v) is 7.83. The number of carbonyl (C=O) groups excluding carboxylic acids is 2. The van der Waals surface area contributed by atoms with E-state index in [1.165, 1.54) is 24.3 Å². The van der Waals surface area contributed by atoms with Crippen molar-refractivity contribution < 1.29 is 31.5 Å². The van der Waals surface area contributed by atoms with Gasteiger partial charge in [0.05, 0.1) is 11.3 Å². The molecule has 1 aliphatic carbocycles. The Morgan fingerprint density at radius 3 is 2.67 bits per heavy atom. The SMILES string of the molecule is O=C(Nc1nc(-c2ccccc2OC(F)F)cs1)c1ccc2c(c1)S(=O)(=O)N(C1CC1)C2=O. The van der Waals surface area contributed by atoms with Gasteiger partial charge in [0, 0.05) is 22.5 Å². The van der Waals surface area contributed by atoms with Crippen molar-refractivity contribution in [1.82, 2.24) is 9.29 Å². The first-order valence-electron chi connectivity index (χ1n) is 9.79. The van der Waals surface area contributed by atoms with Gasteiger partial charge in [-0.15, -0.1) is 11.3 Å². The van der Waals surface area contributed by atoms with Crippen molar-refractivity contribution in [1.29, 1.82) is 0 Å². The van der Waals surface area contributed by atoms with Gasteiger partial charge < -0.3 is 4.74 Å². The second-order valence-electron chi connectivity index (χ2n) is 7.41. The first-order chi connectivity index (χ1) is 15.8. The van der Waals surface area contributed by atoms with Crippen LogP contribution in [0, 0.1) is 0 Å². The summed E-state index contributed by atoms with van der Waals surface area (Å²) in [7, 11) is -3.99. The Hall–Kier alpha value is -3.38. The molecule has 0 radical (unpaired) electrons. The van der Waals surface area contributed by atoms with Crippen LogP contribution in [0.4, 0.5) is 13.9 Å². The van der Waals surface area contributed by atoms with Crippen molar-refractivity contribution in [3.8, 4) is 17.0 Å². The molecule has 3 aromatic rings. The molecule has 1 aromatic heterocycles. The number of halogens is 2. The fourth-order valence-corrected chi connectivity index (χ4v) is 6.11. The monoisotopic (exact) mass is 491 g/mol. The number of nitrogens with zero attached hydrogens (tertiary/aromatic N) is 2. The maximum absolute atomic E-state index is 12.8. The molecule has 0 atom stereocenters. The van der Waals surface area contributed by atoms with Gasteiger partial charge in [0.2, 0.25) is 0 Å². The minimum Gasteiger partial charge on any atom is -0.434 e. The topological polar surface area (TPSA) is 106 Å². The molecule has 0 bridgehead atoms. The molecule has 33 heavy (non-hydrogen) atoms. The number of amides is 2. The van der Waals surface area contributed by atoms with E-state index < -0.39 is 28.4 Å². The molecule has 1 aliphatic heterocycles. The minimum atomic E-state index is -3.99. The predicted octanol–water partition coefficient (Wildman–Crippen LogP) is 3.97. The lowest BCUT2D eigenvalue weighted by Crippen LogP contribution is -2.31. The third kappa shape index (κ3) is 3.85. The number of rotatable bonds is 6. The van der Waals surface area contributed by atoms with E-state index in [4.69, 9.17) is 0 Å². The van der Waals surface area contributed by atoms with Crippen molar-refractivity contribution in [2.75, 3.05) is 5.32 Å². The van der Waals surface area contributed by atoms with Crippen molar-refractivity contribution in [2.24, 2.45) is 0 Å². The number of ether oxygens (including phenoxy) is 1. The zero-order valence-corrected chi connectivity index (χ0v) is 18.3. The van der Waals surface area contributed by atoms with Gasteiger partial charge in [0.1, 0.15) is 10.6 Å². The van der Waals surface area contributed by atoms with Crippen LogP contribution in [-0.2, 0) is 10.0 Å². The maximum atomic E-state index is 12.8. The summed E-state index contributed by atoms with van der Waals surface area (Å²) in [5, 5.41) is 4.32. The number of sulfonamides is 1. The molecule has 0 spiro atoms. The molecule has 1 fully saturated rings. The third-order valence-electron chi connectivity index (χ3n) is 5.19. The zero-order chi connectivity index (χ0) is 23.3. The fourth-order valence-electron chi connectivity index (χ4n) is 3.56. The zero-order valence-electron chi connectivity index (χ0n) is 16.7. The van der Waals surface area contributed by atoms with Crippen molar-refractivity contribution in [2.45, 2.75) is 30.4 Å². The standard InChI is InChI=1S/C21H15F2N3O5S2/c22-20(23)31-16-4-2-1-3-13(16)15-10-32-21(24-15)25-18(27)11-5-8-14-17(9-11)33(29,30)26(19(14)28)12-6-7-12/h1-5,8-10,12,20H,6-7H2,(H,24,25,27). The average Bonchev–Trinajstić information content (AvgIpc) is 3.45. The summed E-state index contributed by atoms with van der Waals surface area (Å²) in [6.45, 7) is -3.00. The number of hydrogen-bond acceptors (Lipinski definition) is 7. The van der Waals surface area contributed by atoms with Crippen LogP contribution in [-0.4, -0.2) is 42.2 Å². The van der Waals surface area contributed by atoms with Gasteiger partial charge in [0.25, 0.3) is 21.8 Å². The lowest BCUT2D eigenvalue weighted by atomic mass is 10.1. The number of hydrogen-bond donors (Lipinski definition) is 1. The van der Waals surface area contributed by atoms with Gasteiger partial charge in [-0.05, 0) is 43.2 Å². The number of thiazole rings is 1. The van der Waals surface area contributed by atoms with E-state index in [-0.39, 0.29) is 32.9 Å². The average molecular weight is 491 g/mol. The number of aromatic nitrogens is 1. The first-order valence-corrected chi connectivity index (χ1v) is 12.1. The number of alkyl halides is 2. The highest BCUT2D eigenvalue weighted by atomic mass is 32.2. The lowest BCUT2D eigenvalue weighted by molar-refractivity contribution is -0.0494. The van der Waals surface area contributed by atoms with E-state index in [1.807, 2.05) is 0 Å². The number of fused-ring (bicyclic) bond motifs is 1. The maximum Gasteiger partial charge on any atom is 0.387 e. The highest BCUT2D eigenvalue weighted by Gasteiger charge is 2.48. The Morgan fingerprint density at radius 2 is 1.94 bits per heavy atom. The molecular weight excluding hydrogens is 476 g/mol. The predicted molar refractivity (Wildman–Crippen MR) is 115 cm³/mol. The van der Waals surface area contributed by atoms with Gasteiger partial charge in [-0.2, -0.15) is 8.78 Å². The summed E-state index contributed by atoms with van der Waals surface area (Å²) in [5.41, 5.74) is 0.747. The molecule has 2 aliphatic rings. The van der Waals surface area contributed by atoms with Gasteiger partial charge in [-0.3, -0.25) is 14.9 Å². The van der Waals surface area contributed by atoms with E-state index in [2.05, 4.69) is 15.0 Å². The van der Waals surface area contributed by atoms with Crippen molar-refractivity contribution in [3.63, 3.8) is 0 Å².